The minimum absolute atomic E-state index is 0.536. The lowest BCUT2D eigenvalue weighted by atomic mass is 10.2. The standard InChI is InChI=1S/C14H21O4/c1-13-3-5-14(6-4-13)18-12-11-17-10-9-16-8-7-15-2/h3-6H,1,7-12H2,2H3. The predicted molar refractivity (Wildman–Crippen MR) is 69.9 cm³/mol. The van der Waals surface area contributed by atoms with Crippen LogP contribution in [0.4, 0.5) is 0 Å². The van der Waals surface area contributed by atoms with Gasteiger partial charge in [-0.05, 0) is 24.6 Å². The fraction of sp³-hybridized carbons (Fsp3) is 0.500. The zero-order valence-corrected chi connectivity index (χ0v) is 10.9. The molecule has 0 fully saturated rings. The summed E-state index contributed by atoms with van der Waals surface area (Å²) in [5.74, 6) is 0.836. The number of hydrogen-bond donors (Lipinski definition) is 0. The fourth-order valence-electron chi connectivity index (χ4n) is 1.27. The lowest BCUT2D eigenvalue weighted by molar-refractivity contribution is 0.0180. The molecule has 0 bridgehead atoms. The van der Waals surface area contributed by atoms with E-state index in [1.807, 2.05) is 24.3 Å². The molecule has 0 amide bonds. The molecule has 0 saturated heterocycles. The molecule has 18 heavy (non-hydrogen) atoms. The van der Waals surface area contributed by atoms with E-state index in [1.54, 1.807) is 7.11 Å². The minimum Gasteiger partial charge on any atom is -0.491 e. The van der Waals surface area contributed by atoms with E-state index in [1.165, 1.54) is 0 Å². The highest BCUT2D eigenvalue weighted by Crippen LogP contribution is 2.10. The van der Waals surface area contributed by atoms with Crippen molar-refractivity contribution in [1.29, 1.82) is 0 Å². The van der Waals surface area contributed by atoms with Gasteiger partial charge in [-0.15, -0.1) is 0 Å². The van der Waals surface area contributed by atoms with Crippen molar-refractivity contribution in [3.05, 3.63) is 36.8 Å². The quantitative estimate of drug-likeness (QED) is 0.597. The van der Waals surface area contributed by atoms with Crippen molar-refractivity contribution in [3.63, 3.8) is 0 Å². The molecule has 0 unspecified atom stereocenters. The molecule has 1 rings (SSSR count). The molecule has 1 radical (unpaired) electrons. The first kappa shape index (κ1) is 15.0. The van der Waals surface area contributed by atoms with Crippen molar-refractivity contribution in [3.8, 4) is 5.75 Å². The molecule has 0 saturated carbocycles. The number of benzene rings is 1. The van der Waals surface area contributed by atoms with Crippen LogP contribution in [0.1, 0.15) is 5.56 Å². The van der Waals surface area contributed by atoms with Crippen LogP contribution in [0, 0.1) is 6.92 Å². The number of rotatable bonds is 10. The maximum atomic E-state index is 5.49. The summed E-state index contributed by atoms with van der Waals surface area (Å²) in [6, 6.07) is 7.63. The van der Waals surface area contributed by atoms with E-state index in [2.05, 4.69) is 6.92 Å². The number of methoxy groups -OCH3 is 1. The zero-order chi connectivity index (χ0) is 13.1. The molecule has 1 aromatic carbocycles. The SMILES string of the molecule is [CH2]c1ccc(OCCOCCOCCOC)cc1. The van der Waals surface area contributed by atoms with Gasteiger partial charge in [-0.2, -0.15) is 0 Å². The van der Waals surface area contributed by atoms with Crippen LogP contribution >= 0.6 is 0 Å². The summed E-state index contributed by atoms with van der Waals surface area (Å²) in [6.45, 7) is 7.28. The van der Waals surface area contributed by atoms with E-state index in [0.29, 0.717) is 39.6 Å². The molecule has 0 aliphatic heterocycles. The highest BCUT2D eigenvalue weighted by atomic mass is 16.6. The molecule has 0 N–H and O–H groups in total. The van der Waals surface area contributed by atoms with Gasteiger partial charge in [-0.1, -0.05) is 12.1 Å². The van der Waals surface area contributed by atoms with Crippen LogP contribution in [-0.4, -0.2) is 46.8 Å². The Morgan fingerprint density at radius 1 is 0.833 bits per heavy atom. The van der Waals surface area contributed by atoms with E-state index in [9.17, 15) is 0 Å². The average Bonchev–Trinajstić information content (AvgIpc) is 2.39. The third kappa shape index (κ3) is 7.27. The normalized spacial score (nSPS) is 10.6. The van der Waals surface area contributed by atoms with Crippen LogP contribution in [0.15, 0.2) is 24.3 Å². The van der Waals surface area contributed by atoms with Gasteiger partial charge in [0.25, 0.3) is 0 Å². The Kier molecular flexibility index (Phi) is 8.21. The van der Waals surface area contributed by atoms with Crippen molar-refractivity contribution < 1.29 is 18.9 Å². The van der Waals surface area contributed by atoms with Crippen molar-refractivity contribution in [2.24, 2.45) is 0 Å². The summed E-state index contributed by atoms with van der Waals surface area (Å²) in [4.78, 5) is 0. The largest absolute Gasteiger partial charge is 0.491 e. The monoisotopic (exact) mass is 253 g/mol. The number of ether oxygens (including phenoxy) is 4. The second-order valence-electron chi connectivity index (χ2n) is 3.71. The van der Waals surface area contributed by atoms with E-state index < -0.39 is 0 Å². The predicted octanol–water partition coefficient (Wildman–Crippen LogP) is 1.93. The first-order chi connectivity index (χ1) is 8.83. The third-order valence-corrected chi connectivity index (χ3v) is 2.22. The van der Waals surface area contributed by atoms with Crippen LogP contribution in [-0.2, 0) is 14.2 Å². The third-order valence-electron chi connectivity index (χ3n) is 2.22. The average molecular weight is 253 g/mol. The molecule has 0 aliphatic rings. The maximum Gasteiger partial charge on any atom is 0.119 e. The van der Waals surface area contributed by atoms with Gasteiger partial charge in [0.1, 0.15) is 12.4 Å². The summed E-state index contributed by atoms with van der Waals surface area (Å²) in [6.07, 6.45) is 0. The van der Waals surface area contributed by atoms with Gasteiger partial charge in [-0.25, -0.2) is 0 Å². The summed E-state index contributed by atoms with van der Waals surface area (Å²) < 4.78 is 21.0. The van der Waals surface area contributed by atoms with E-state index in [0.717, 1.165) is 11.3 Å². The zero-order valence-electron chi connectivity index (χ0n) is 10.9. The van der Waals surface area contributed by atoms with Gasteiger partial charge >= 0.3 is 0 Å². The van der Waals surface area contributed by atoms with Crippen molar-refractivity contribution in [1.82, 2.24) is 0 Å². The van der Waals surface area contributed by atoms with Gasteiger partial charge < -0.3 is 18.9 Å². The van der Waals surface area contributed by atoms with Gasteiger partial charge in [0.05, 0.1) is 33.0 Å². The van der Waals surface area contributed by atoms with Gasteiger partial charge in [-0.3, -0.25) is 0 Å². The Bertz CT molecular complexity index is 297. The van der Waals surface area contributed by atoms with Crippen molar-refractivity contribution in [2.75, 3.05) is 46.8 Å². The topological polar surface area (TPSA) is 36.9 Å². The maximum absolute atomic E-state index is 5.49. The summed E-state index contributed by atoms with van der Waals surface area (Å²) >= 11 is 0. The number of hydrogen-bond acceptors (Lipinski definition) is 4. The molecule has 0 atom stereocenters. The first-order valence-electron chi connectivity index (χ1n) is 6.02. The first-order valence-corrected chi connectivity index (χ1v) is 6.02. The van der Waals surface area contributed by atoms with Gasteiger partial charge in [0, 0.05) is 7.11 Å². The Morgan fingerprint density at radius 3 is 2.00 bits per heavy atom. The van der Waals surface area contributed by atoms with Crippen LogP contribution in [0.3, 0.4) is 0 Å². The van der Waals surface area contributed by atoms with Gasteiger partial charge in [0.15, 0.2) is 0 Å². The molecular formula is C14H21O4. The molecule has 4 nitrogen and oxygen atoms in total. The van der Waals surface area contributed by atoms with Gasteiger partial charge in [0.2, 0.25) is 0 Å². The van der Waals surface area contributed by atoms with Crippen LogP contribution in [0.2, 0.25) is 0 Å². The fourth-order valence-corrected chi connectivity index (χ4v) is 1.27. The second kappa shape index (κ2) is 9.88. The Balaban J connectivity index is 1.91. The minimum atomic E-state index is 0.536. The smallest absolute Gasteiger partial charge is 0.119 e. The van der Waals surface area contributed by atoms with E-state index in [-0.39, 0.29) is 0 Å². The summed E-state index contributed by atoms with van der Waals surface area (Å²) in [7, 11) is 1.65. The molecule has 0 aliphatic carbocycles. The molecule has 1 aromatic rings. The van der Waals surface area contributed by atoms with Crippen molar-refractivity contribution >= 4 is 0 Å². The Hall–Kier alpha value is -1.10. The molecule has 0 aromatic heterocycles. The summed E-state index contributed by atoms with van der Waals surface area (Å²) in [5, 5.41) is 0. The lowest BCUT2D eigenvalue weighted by Crippen LogP contribution is -2.12. The van der Waals surface area contributed by atoms with E-state index in [4.69, 9.17) is 18.9 Å². The Morgan fingerprint density at radius 2 is 1.39 bits per heavy atom. The van der Waals surface area contributed by atoms with Crippen LogP contribution in [0.5, 0.6) is 5.75 Å². The van der Waals surface area contributed by atoms with Crippen LogP contribution in [0.25, 0.3) is 0 Å². The van der Waals surface area contributed by atoms with Crippen molar-refractivity contribution in [2.45, 2.75) is 0 Å². The highest BCUT2D eigenvalue weighted by Gasteiger charge is 1.94. The molecular weight excluding hydrogens is 232 g/mol. The summed E-state index contributed by atoms with van der Waals surface area (Å²) in [5.41, 5.74) is 0.979. The molecule has 101 valence electrons. The molecule has 0 spiro atoms. The highest BCUT2D eigenvalue weighted by molar-refractivity contribution is 5.28. The lowest BCUT2D eigenvalue weighted by Gasteiger charge is -2.07. The second-order valence-corrected chi connectivity index (χ2v) is 3.71. The Labute approximate surface area is 109 Å². The molecule has 4 heteroatoms. The van der Waals surface area contributed by atoms with Crippen LogP contribution < -0.4 is 4.74 Å². The molecule has 0 heterocycles. The van der Waals surface area contributed by atoms with E-state index >= 15 is 0 Å².